The Hall–Kier alpha value is -2.61. The van der Waals surface area contributed by atoms with Crippen molar-refractivity contribution in [1.29, 1.82) is 0 Å². The number of anilines is 1. The number of nitrogens with one attached hydrogen (secondary N) is 1. The molecule has 0 bridgehead atoms. The Labute approximate surface area is 138 Å². The van der Waals surface area contributed by atoms with Crippen LogP contribution >= 0.6 is 12.4 Å². The molecule has 1 aromatic heterocycles. The highest BCUT2D eigenvalue weighted by Gasteiger charge is 2.25. The number of hydrogen-bond donors (Lipinski definition) is 2. The van der Waals surface area contributed by atoms with E-state index in [1.807, 2.05) is 0 Å². The van der Waals surface area contributed by atoms with E-state index in [4.69, 9.17) is 9.84 Å². The molecular weight excluding hydrogens is 326 g/mol. The van der Waals surface area contributed by atoms with Crippen LogP contribution in [-0.2, 0) is 20.9 Å². The van der Waals surface area contributed by atoms with Crippen LogP contribution < -0.4 is 5.32 Å². The zero-order valence-corrected chi connectivity index (χ0v) is 13.1. The molecule has 1 aromatic rings. The predicted octanol–water partition coefficient (Wildman–Crippen LogP) is 1.51. The number of carbonyl (C=O) groups excluding carboxylic acids is 2. The van der Waals surface area contributed by atoms with E-state index >= 15 is 0 Å². The molecule has 2 N–H and O–H groups in total. The smallest absolute Gasteiger partial charge is 0.328 e. The van der Waals surface area contributed by atoms with Gasteiger partial charge in [-0.1, -0.05) is 0 Å². The van der Waals surface area contributed by atoms with Crippen LogP contribution in [0.1, 0.15) is 18.1 Å². The van der Waals surface area contributed by atoms with Crippen molar-refractivity contribution in [3.63, 3.8) is 0 Å². The summed E-state index contributed by atoms with van der Waals surface area (Å²) >= 11 is 0. The third-order valence-electron chi connectivity index (χ3n) is 2.91. The predicted molar refractivity (Wildman–Crippen MR) is 84.2 cm³/mol. The highest BCUT2D eigenvalue weighted by Crippen LogP contribution is 2.22. The topological polar surface area (TPSA) is 109 Å². The van der Waals surface area contributed by atoms with E-state index < -0.39 is 18.0 Å². The average molecular weight is 342 g/mol. The van der Waals surface area contributed by atoms with Crippen LogP contribution in [-0.4, -0.2) is 46.1 Å². The second-order valence-corrected chi connectivity index (χ2v) is 4.54. The number of carboxylic acids is 1. The van der Waals surface area contributed by atoms with Crippen LogP contribution in [0.2, 0.25) is 0 Å². The van der Waals surface area contributed by atoms with Crippen LogP contribution in [0.25, 0.3) is 6.08 Å². The molecule has 0 atom stereocenters. The van der Waals surface area contributed by atoms with Gasteiger partial charge >= 0.3 is 18.0 Å². The maximum atomic E-state index is 11.9. The third-order valence-corrected chi connectivity index (χ3v) is 2.91. The standard InChI is InChI=1S/C14H15N3O5.ClH/c1-2-22-12(20)8-17-7-10-5-9(3-4-11(18)19)6-15-13(10)16-14(17)21;/h3-6H,2,7-8H2,1H3,(H,18,19)(H,15,16,21);1H/b4-3+;. The summed E-state index contributed by atoms with van der Waals surface area (Å²) in [6, 6.07) is 1.28. The van der Waals surface area contributed by atoms with Crippen LogP contribution in [0.3, 0.4) is 0 Å². The largest absolute Gasteiger partial charge is 0.478 e. The molecule has 23 heavy (non-hydrogen) atoms. The molecule has 1 aliphatic rings. The van der Waals surface area contributed by atoms with Gasteiger partial charge in [0.1, 0.15) is 12.4 Å². The lowest BCUT2D eigenvalue weighted by molar-refractivity contribution is -0.143. The summed E-state index contributed by atoms with van der Waals surface area (Å²) in [4.78, 5) is 39.2. The Bertz CT molecular complexity index is 647. The number of aromatic nitrogens is 1. The van der Waals surface area contributed by atoms with E-state index in [2.05, 4.69) is 10.3 Å². The molecule has 124 valence electrons. The minimum Gasteiger partial charge on any atom is -0.478 e. The summed E-state index contributed by atoms with van der Waals surface area (Å²) in [6.45, 7) is 1.97. The first-order valence-electron chi connectivity index (χ1n) is 6.61. The Kier molecular flexibility index (Phi) is 6.52. The van der Waals surface area contributed by atoms with Crippen molar-refractivity contribution in [2.75, 3.05) is 18.5 Å². The molecular formula is C14H16ClN3O5. The van der Waals surface area contributed by atoms with Gasteiger partial charge in [0.15, 0.2) is 0 Å². The maximum absolute atomic E-state index is 11.9. The van der Waals surface area contributed by atoms with E-state index in [0.29, 0.717) is 16.9 Å². The molecule has 9 heteroatoms. The normalized spacial score (nSPS) is 13.1. The first-order valence-corrected chi connectivity index (χ1v) is 6.61. The Morgan fingerprint density at radius 2 is 2.26 bits per heavy atom. The monoisotopic (exact) mass is 341 g/mol. The summed E-state index contributed by atoms with van der Waals surface area (Å²) < 4.78 is 4.82. The second-order valence-electron chi connectivity index (χ2n) is 4.54. The number of ether oxygens (including phenoxy) is 1. The van der Waals surface area contributed by atoms with Gasteiger partial charge in [0.05, 0.1) is 13.2 Å². The quantitative estimate of drug-likeness (QED) is 0.620. The molecule has 0 saturated carbocycles. The number of carbonyl (C=O) groups is 3. The Balaban J connectivity index is 0.00000264. The number of esters is 1. The number of rotatable bonds is 5. The molecule has 2 amide bonds. The Morgan fingerprint density at radius 1 is 1.52 bits per heavy atom. The highest BCUT2D eigenvalue weighted by atomic mass is 35.5. The number of fused-ring (bicyclic) bond motifs is 1. The fourth-order valence-electron chi connectivity index (χ4n) is 1.97. The average Bonchev–Trinajstić information content (AvgIpc) is 2.46. The van der Waals surface area contributed by atoms with E-state index in [9.17, 15) is 14.4 Å². The van der Waals surface area contributed by atoms with Crippen LogP contribution in [0.4, 0.5) is 10.6 Å². The van der Waals surface area contributed by atoms with Gasteiger partial charge in [-0.25, -0.2) is 14.6 Å². The maximum Gasteiger partial charge on any atom is 0.328 e. The van der Waals surface area contributed by atoms with Gasteiger partial charge in [-0.3, -0.25) is 10.1 Å². The SMILES string of the molecule is CCOC(=O)CN1Cc2cc(/C=C/C(=O)O)cnc2NC1=O.Cl. The van der Waals surface area contributed by atoms with Gasteiger partial charge in [0, 0.05) is 17.8 Å². The van der Waals surface area contributed by atoms with Crippen molar-refractivity contribution in [3.8, 4) is 0 Å². The van der Waals surface area contributed by atoms with Crippen molar-refractivity contribution in [3.05, 3.63) is 29.5 Å². The summed E-state index contributed by atoms with van der Waals surface area (Å²) in [6.07, 6.45) is 3.86. The molecule has 0 fully saturated rings. The minimum absolute atomic E-state index is 0. The van der Waals surface area contributed by atoms with Crippen molar-refractivity contribution in [2.45, 2.75) is 13.5 Å². The van der Waals surface area contributed by atoms with Crippen LogP contribution in [0.15, 0.2) is 18.3 Å². The minimum atomic E-state index is -1.06. The number of carboxylic acid groups (broad SMARTS) is 1. The molecule has 2 rings (SSSR count). The zero-order valence-electron chi connectivity index (χ0n) is 12.3. The van der Waals surface area contributed by atoms with Crippen molar-refractivity contribution in [1.82, 2.24) is 9.88 Å². The van der Waals surface area contributed by atoms with Crippen molar-refractivity contribution < 1.29 is 24.2 Å². The van der Waals surface area contributed by atoms with E-state index in [1.165, 1.54) is 17.2 Å². The number of hydrogen-bond acceptors (Lipinski definition) is 5. The second kappa shape index (κ2) is 8.14. The molecule has 2 heterocycles. The number of amides is 2. The van der Waals surface area contributed by atoms with Crippen LogP contribution in [0.5, 0.6) is 0 Å². The fourth-order valence-corrected chi connectivity index (χ4v) is 1.97. The highest BCUT2D eigenvalue weighted by molar-refractivity contribution is 5.93. The zero-order chi connectivity index (χ0) is 16.1. The summed E-state index contributed by atoms with van der Waals surface area (Å²) in [7, 11) is 0. The lowest BCUT2D eigenvalue weighted by atomic mass is 10.1. The third kappa shape index (κ3) is 4.96. The van der Waals surface area contributed by atoms with E-state index in [-0.39, 0.29) is 32.1 Å². The number of halogens is 1. The van der Waals surface area contributed by atoms with Crippen molar-refractivity contribution >= 4 is 42.3 Å². The Morgan fingerprint density at radius 3 is 2.91 bits per heavy atom. The first-order chi connectivity index (χ1) is 10.5. The molecule has 0 unspecified atom stereocenters. The first kappa shape index (κ1) is 18.4. The molecule has 0 saturated heterocycles. The number of pyridine rings is 1. The molecule has 8 nitrogen and oxygen atoms in total. The molecule has 0 radical (unpaired) electrons. The van der Waals surface area contributed by atoms with E-state index in [1.54, 1.807) is 13.0 Å². The summed E-state index contributed by atoms with van der Waals surface area (Å²) in [5.74, 6) is -1.15. The van der Waals surface area contributed by atoms with Gasteiger partial charge in [-0.2, -0.15) is 0 Å². The van der Waals surface area contributed by atoms with E-state index in [0.717, 1.165) is 6.08 Å². The molecule has 0 aliphatic carbocycles. The molecule has 0 spiro atoms. The molecule has 1 aliphatic heterocycles. The lowest BCUT2D eigenvalue weighted by Crippen LogP contribution is -2.42. The summed E-state index contributed by atoms with van der Waals surface area (Å²) in [5, 5.41) is 11.2. The molecule has 0 aromatic carbocycles. The van der Waals surface area contributed by atoms with Gasteiger partial charge in [-0.05, 0) is 24.6 Å². The number of nitrogens with zero attached hydrogens (tertiary/aromatic N) is 2. The lowest BCUT2D eigenvalue weighted by Gasteiger charge is -2.27. The fraction of sp³-hybridized carbons (Fsp3) is 0.286. The van der Waals surface area contributed by atoms with Gasteiger partial charge in [-0.15, -0.1) is 12.4 Å². The van der Waals surface area contributed by atoms with Gasteiger partial charge < -0.3 is 14.7 Å². The van der Waals surface area contributed by atoms with Crippen LogP contribution in [0, 0.1) is 0 Å². The van der Waals surface area contributed by atoms with Crippen molar-refractivity contribution in [2.24, 2.45) is 0 Å². The summed E-state index contributed by atoms with van der Waals surface area (Å²) in [5.41, 5.74) is 1.28. The van der Waals surface area contributed by atoms with Gasteiger partial charge in [0.2, 0.25) is 0 Å². The number of aliphatic carboxylic acids is 1. The van der Waals surface area contributed by atoms with Gasteiger partial charge in [0.25, 0.3) is 0 Å². The number of urea groups is 1.